The Kier molecular flexibility index (Phi) is 7.66. The van der Waals surface area contributed by atoms with Gasteiger partial charge in [-0.3, -0.25) is 4.79 Å². The molecule has 2 aromatic rings. The smallest absolute Gasteiger partial charge is 0.338 e. The van der Waals surface area contributed by atoms with Crippen LogP contribution in [0.15, 0.2) is 42.5 Å². The van der Waals surface area contributed by atoms with Gasteiger partial charge in [0.15, 0.2) is 0 Å². The van der Waals surface area contributed by atoms with Crippen LogP contribution in [0.4, 0.5) is 5.69 Å². The van der Waals surface area contributed by atoms with Gasteiger partial charge in [-0.25, -0.2) is 4.79 Å². The lowest BCUT2D eigenvalue weighted by atomic mass is 9.87. The molecule has 6 nitrogen and oxygen atoms in total. The highest BCUT2D eigenvalue weighted by molar-refractivity contribution is 5.91. The van der Waals surface area contributed by atoms with E-state index in [0.29, 0.717) is 24.3 Å². The van der Waals surface area contributed by atoms with Gasteiger partial charge in [-0.2, -0.15) is 5.26 Å². The molecule has 1 atom stereocenters. The molecule has 0 aromatic heterocycles. The Labute approximate surface area is 183 Å². The predicted molar refractivity (Wildman–Crippen MR) is 120 cm³/mol. The number of piperidine rings is 1. The SMILES string of the molecule is CCNC(=O)C(c1ccc(C(=O)OCC)cc1)c1cc(C#N)ccc1N1CCCCC1. The highest BCUT2D eigenvalue weighted by atomic mass is 16.5. The van der Waals surface area contributed by atoms with E-state index in [1.165, 1.54) is 6.42 Å². The van der Waals surface area contributed by atoms with Gasteiger partial charge < -0.3 is 15.0 Å². The molecule has 6 heteroatoms. The number of nitrogens with zero attached hydrogens (tertiary/aromatic N) is 2. The zero-order chi connectivity index (χ0) is 22.2. The second kappa shape index (κ2) is 10.6. The largest absolute Gasteiger partial charge is 0.462 e. The average molecular weight is 420 g/mol. The Morgan fingerprint density at radius 2 is 1.81 bits per heavy atom. The molecule has 0 saturated carbocycles. The topological polar surface area (TPSA) is 82.4 Å². The number of hydrogen-bond acceptors (Lipinski definition) is 5. The van der Waals surface area contributed by atoms with Crippen molar-refractivity contribution in [3.05, 3.63) is 64.7 Å². The van der Waals surface area contributed by atoms with Gasteiger partial charge in [-0.05, 0) is 74.6 Å². The van der Waals surface area contributed by atoms with E-state index in [9.17, 15) is 14.9 Å². The Morgan fingerprint density at radius 1 is 1.10 bits per heavy atom. The van der Waals surface area contributed by atoms with Gasteiger partial charge in [-0.1, -0.05) is 12.1 Å². The number of amides is 1. The molecule has 1 aliphatic heterocycles. The van der Waals surface area contributed by atoms with Crippen LogP contribution in [0, 0.1) is 11.3 Å². The van der Waals surface area contributed by atoms with E-state index >= 15 is 0 Å². The lowest BCUT2D eigenvalue weighted by molar-refractivity contribution is -0.121. The fraction of sp³-hybridized carbons (Fsp3) is 0.400. The number of anilines is 1. The molecule has 31 heavy (non-hydrogen) atoms. The molecule has 0 spiro atoms. The molecule has 1 heterocycles. The molecule has 0 radical (unpaired) electrons. The van der Waals surface area contributed by atoms with Gasteiger partial charge in [0.25, 0.3) is 0 Å². The van der Waals surface area contributed by atoms with Crippen molar-refractivity contribution < 1.29 is 14.3 Å². The average Bonchev–Trinajstić information content (AvgIpc) is 2.80. The van der Waals surface area contributed by atoms with Crippen LogP contribution in [-0.2, 0) is 9.53 Å². The summed E-state index contributed by atoms with van der Waals surface area (Å²) >= 11 is 0. The van der Waals surface area contributed by atoms with Crippen molar-refractivity contribution in [1.29, 1.82) is 5.26 Å². The lowest BCUT2D eigenvalue weighted by Crippen LogP contribution is -2.34. The first-order chi connectivity index (χ1) is 15.1. The number of carbonyl (C=O) groups is 2. The first kappa shape index (κ1) is 22.4. The first-order valence-electron chi connectivity index (χ1n) is 10.9. The number of ether oxygens (including phenoxy) is 1. The van der Waals surface area contributed by atoms with Gasteiger partial charge in [-0.15, -0.1) is 0 Å². The Bertz CT molecular complexity index is 957. The minimum absolute atomic E-state index is 0.125. The number of likely N-dealkylation sites (N-methyl/N-ethyl adjacent to an activating group) is 1. The number of carbonyl (C=O) groups excluding carboxylic acids is 2. The molecule has 0 bridgehead atoms. The molecular formula is C25H29N3O3. The van der Waals surface area contributed by atoms with Crippen LogP contribution in [0.25, 0.3) is 0 Å². The summed E-state index contributed by atoms with van der Waals surface area (Å²) in [6, 6.07) is 14.8. The van der Waals surface area contributed by atoms with Crippen LogP contribution >= 0.6 is 0 Å². The fourth-order valence-electron chi connectivity index (χ4n) is 4.05. The van der Waals surface area contributed by atoms with Gasteiger partial charge >= 0.3 is 5.97 Å². The van der Waals surface area contributed by atoms with Crippen molar-refractivity contribution in [2.24, 2.45) is 0 Å². The van der Waals surface area contributed by atoms with Crippen molar-refractivity contribution >= 4 is 17.6 Å². The summed E-state index contributed by atoms with van der Waals surface area (Å²) in [6.45, 7) is 6.33. The lowest BCUT2D eigenvalue weighted by Gasteiger charge is -2.32. The van der Waals surface area contributed by atoms with E-state index in [4.69, 9.17) is 4.74 Å². The second-order valence-corrected chi connectivity index (χ2v) is 7.60. The van der Waals surface area contributed by atoms with Crippen LogP contribution in [0.3, 0.4) is 0 Å². The minimum Gasteiger partial charge on any atom is -0.462 e. The van der Waals surface area contributed by atoms with Crippen molar-refractivity contribution in [3.63, 3.8) is 0 Å². The molecule has 0 aliphatic carbocycles. The summed E-state index contributed by atoms with van der Waals surface area (Å²) in [6.07, 6.45) is 3.43. The van der Waals surface area contributed by atoms with E-state index in [-0.39, 0.29) is 11.9 Å². The van der Waals surface area contributed by atoms with Crippen molar-refractivity contribution in [1.82, 2.24) is 5.32 Å². The van der Waals surface area contributed by atoms with Crippen LogP contribution in [0.1, 0.15) is 66.1 Å². The standard InChI is InChI=1S/C25H29N3O3/c1-3-27-24(29)23(19-9-11-20(12-10-19)25(30)31-4-2)21-16-18(17-26)8-13-22(21)28-14-6-5-7-15-28/h8-13,16,23H,3-7,14-15H2,1-2H3,(H,27,29). The van der Waals surface area contributed by atoms with Crippen LogP contribution in [0.2, 0.25) is 0 Å². The van der Waals surface area contributed by atoms with E-state index in [1.54, 1.807) is 31.2 Å². The fourth-order valence-corrected chi connectivity index (χ4v) is 4.05. The van der Waals surface area contributed by atoms with E-state index in [2.05, 4.69) is 16.3 Å². The molecule has 1 saturated heterocycles. The number of esters is 1. The third-order valence-corrected chi connectivity index (χ3v) is 5.53. The molecule has 1 amide bonds. The summed E-state index contributed by atoms with van der Waals surface area (Å²) < 4.78 is 5.07. The van der Waals surface area contributed by atoms with Gasteiger partial charge in [0.05, 0.1) is 29.7 Å². The first-order valence-corrected chi connectivity index (χ1v) is 10.9. The third kappa shape index (κ3) is 5.24. The summed E-state index contributed by atoms with van der Waals surface area (Å²) in [5.74, 6) is -1.09. The summed E-state index contributed by atoms with van der Waals surface area (Å²) in [4.78, 5) is 27.5. The van der Waals surface area contributed by atoms with E-state index in [0.717, 1.165) is 42.7 Å². The maximum Gasteiger partial charge on any atom is 0.338 e. The minimum atomic E-state index is -0.582. The maximum absolute atomic E-state index is 13.2. The quantitative estimate of drug-likeness (QED) is 0.686. The highest BCUT2D eigenvalue weighted by Gasteiger charge is 2.28. The molecule has 3 rings (SSSR count). The normalized spacial score (nSPS) is 14.4. The van der Waals surface area contributed by atoms with Crippen molar-refractivity contribution in [2.45, 2.75) is 39.0 Å². The number of benzene rings is 2. The molecule has 1 N–H and O–H groups in total. The number of nitriles is 1. The van der Waals surface area contributed by atoms with Gasteiger partial charge in [0.1, 0.15) is 0 Å². The zero-order valence-electron chi connectivity index (χ0n) is 18.2. The molecule has 1 unspecified atom stereocenters. The van der Waals surface area contributed by atoms with Crippen LogP contribution < -0.4 is 10.2 Å². The highest BCUT2D eigenvalue weighted by Crippen LogP contribution is 2.35. The van der Waals surface area contributed by atoms with Crippen LogP contribution in [-0.4, -0.2) is 38.1 Å². The Morgan fingerprint density at radius 3 is 2.42 bits per heavy atom. The van der Waals surface area contributed by atoms with Crippen molar-refractivity contribution in [3.8, 4) is 6.07 Å². The molecular weight excluding hydrogens is 390 g/mol. The maximum atomic E-state index is 13.2. The third-order valence-electron chi connectivity index (χ3n) is 5.53. The second-order valence-electron chi connectivity index (χ2n) is 7.60. The Hall–Kier alpha value is -3.33. The zero-order valence-corrected chi connectivity index (χ0v) is 18.2. The summed E-state index contributed by atoms with van der Waals surface area (Å²) in [5.41, 5.74) is 3.54. The summed E-state index contributed by atoms with van der Waals surface area (Å²) in [5, 5.41) is 12.4. The molecule has 1 aliphatic rings. The monoisotopic (exact) mass is 419 g/mol. The molecule has 162 valence electrons. The van der Waals surface area contributed by atoms with Gasteiger partial charge in [0.2, 0.25) is 5.91 Å². The molecule has 2 aromatic carbocycles. The van der Waals surface area contributed by atoms with E-state index in [1.807, 2.05) is 25.1 Å². The van der Waals surface area contributed by atoms with Gasteiger partial charge in [0, 0.05) is 25.3 Å². The van der Waals surface area contributed by atoms with E-state index < -0.39 is 5.92 Å². The van der Waals surface area contributed by atoms with Crippen molar-refractivity contribution in [2.75, 3.05) is 31.1 Å². The summed E-state index contributed by atoms with van der Waals surface area (Å²) in [7, 11) is 0. The predicted octanol–water partition coefficient (Wildman–Crippen LogP) is 3.99. The number of nitrogens with one attached hydrogen (secondary N) is 1. The number of rotatable bonds is 7. The number of hydrogen-bond donors (Lipinski definition) is 1. The molecule has 1 fully saturated rings. The Balaban J connectivity index is 2.07. The van der Waals surface area contributed by atoms with Crippen LogP contribution in [0.5, 0.6) is 0 Å².